The molecule has 10 amide bonds. The van der Waals surface area contributed by atoms with E-state index in [0.29, 0.717) is 19.4 Å². The molecule has 12 atom stereocenters. The predicted octanol–water partition coefficient (Wildman–Crippen LogP) is 1.66. The fourth-order valence-corrected chi connectivity index (χ4v) is 10.2. The van der Waals surface area contributed by atoms with Crippen LogP contribution in [0.15, 0.2) is 12.2 Å². The van der Waals surface area contributed by atoms with Crippen LogP contribution in [0.5, 0.6) is 0 Å². The first-order valence-electron chi connectivity index (χ1n) is 30.4. The first kappa shape index (κ1) is 79.8. The van der Waals surface area contributed by atoms with Crippen LogP contribution >= 0.6 is 0 Å². The summed E-state index contributed by atoms with van der Waals surface area (Å²) in [4.78, 5) is 161. The molecule has 25 heteroatoms. The van der Waals surface area contributed by atoms with Gasteiger partial charge < -0.3 is 71.5 Å². The van der Waals surface area contributed by atoms with Crippen LogP contribution in [0.1, 0.15) is 142 Å². The lowest BCUT2D eigenvalue weighted by Gasteiger charge is -2.41. The third kappa shape index (κ3) is 24.2. The molecular formula is C61H112N12O13. The molecule has 0 aliphatic carbocycles. The number of carboxylic acid groups (broad SMARTS) is 1. The molecule has 0 aromatic rings. The van der Waals surface area contributed by atoms with Crippen molar-refractivity contribution in [3.8, 4) is 0 Å². The topological polar surface area (TPSA) is 320 Å². The van der Waals surface area contributed by atoms with Crippen LogP contribution in [0.3, 0.4) is 0 Å². The molecule has 0 heterocycles. The normalized spacial score (nSPS) is 15.9. The Balaban J connectivity index is 6.95. The van der Waals surface area contributed by atoms with Gasteiger partial charge in [-0.15, -0.1) is 0 Å². The molecule has 0 spiro atoms. The second kappa shape index (κ2) is 38.2. The number of nitrogens with one attached hydrogen (secondary N) is 6. The van der Waals surface area contributed by atoms with Crippen molar-refractivity contribution in [2.45, 2.75) is 209 Å². The highest BCUT2D eigenvalue weighted by molar-refractivity contribution is 5.99. The zero-order valence-electron chi connectivity index (χ0n) is 56.2. The molecule has 86 heavy (non-hydrogen) atoms. The SMILES string of the molecule is C/C=C/C[C@@H](C)[C@@H](O)[C@@H](C(=O)N[C@@H](CC)C(=O)N(C)CC(=O)O)N(C)C(=O)[C@H](C(C)C)N(C)C(=O)[C@H](CC(C)C)N(C)C(=O)[C@H](CC(C)C)N(C)C(=O)[C@@H](C)NC(=O)[C@H](C)NC(=O)[C@H](CC(C)C)N(C)C(=O)[C@@H](NC(=O)[C@H](CCNC)NC)C(C)C. The fourth-order valence-electron chi connectivity index (χ4n) is 10.2. The summed E-state index contributed by atoms with van der Waals surface area (Å²) in [6.07, 6.45) is 3.42. The van der Waals surface area contributed by atoms with Crippen LogP contribution in [0.25, 0.3) is 0 Å². The summed E-state index contributed by atoms with van der Waals surface area (Å²) >= 11 is 0. The number of nitrogens with zero attached hydrogens (tertiary/aromatic N) is 6. The lowest BCUT2D eigenvalue weighted by atomic mass is 9.91. The minimum atomic E-state index is -1.59. The Morgan fingerprint density at radius 1 is 0.488 bits per heavy atom. The van der Waals surface area contributed by atoms with E-state index in [1.165, 1.54) is 75.7 Å². The van der Waals surface area contributed by atoms with E-state index in [9.17, 15) is 58.2 Å². The summed E-state index contributed by atoms with van der Waals surface area (Å²) in [6.45, 7) is 26.1. The lowest BCUT2D eigenvalue weighted by molar-refractivity contribution is -0.157. The average Bonchev–Trinajstić information content (AvgIpc) is 3.48. The van der Waals surface area contributed by atoms with E-state index in [0.717, 1.165) is 9.80 Å². The highest BCUT2D eigenvalue weighted by Gasteiger charge is 2.45. The number of carbonyl (C=O) groups is 11. The second-order valence-corrected chi connectivity index (χ2v) is 25.1. The van der Waals surface area contributed by atoms with Crippen molar-refractivity contribution < 1.29 is 63.0 Å². The third-order valence-corrected chi connectivity index (χ3v) is 15.6. The van der Waals surface area contributed by atoms with Crippen LogP contribution in [-0.2, 0) is 52.7 Å². The van der Waals surface area contributed by atoms with Crippen molar-refractivity contribution in [1.29, 1.82) is 0 Å². The maximum Gasteiger partial charge on any atom is 0.323 e. The van der Waals surface area contributed by atoms with Crippen molar-refractivity contribution in [2.24, 2.45) is 35.5 Å². The third-order valence-electron chi connectivity index (χ3n) is 15.6. The lowest BCUT2D eigenvalue weighted by Crippen LogP contribution is -2.63. The number of allylic oxidation sites excluding steroid dienone is 2. The Bertz CT molecular complexity index is 2280. The van der Waals surface area contributed by atoms with E-state index in [2.05, 4.69) is 31.9 Å². The first-order chi connectivity index (χ1) is 39.8. The van der Waals surface area contributed by atoms with E-state index in [-0.39, 0.29) is 55.3 Å². The minimum absolute atomic E-state index is 0.0568. The quantitative estimate of drug-likeness (QED) is 0.0408. The number of likely N-dealkylation sites (N-methyl/N-ethyl adjacent to an activating group) is 7. The maximum atomic E-state index is 15.0. The monoisotopic (exact) mass is 1220 g/mol. The highest BCUT2D eigenvalue weighted by Crippen LogP contribution is 2.25. The standard InChI is InChI=1S/C61H112N12O13/c1-24-26-27-39(13)51(76)50(55(80)66-42(25-2)57(82)68(18)33-47(74)75)73(23)61(86)49(38(11)12)72(22)59(84)46(32-36(7)8)71(21)58(83)45(31-35(5)6)70(20)56(81)41(15)65-52(77)40(14)64-54(79)44(30-34(3)4)69(19)60(85)48(37(9)10)67-53(78)43(63-17)28-29-62-16/h24,26,34-46,48-51,62-63,76H,25,27-33H2,1-23H3,(H,64,79)(H,65,77)(H,66,80)(H,67,78)(H,74,75)/b26-24+/t39-,40+,41-,42+,43+,44+,45+,46+,48+,49+,50+,51-/m1/s1. The number of hydrogen-bond acceptors (Lipinski definition) is 14. The smallest absolute Gasteiger partial charge is 0.323 e. The van der Waals surface area contributed by atoms with E-state index in [4.69, 9.17) is 0 Å². The molecule has 494 valence electrons. The highest BCUT2D eigenvalue weighted by atomic mass is 16.4. The number of carbonyl (C=O) groups excluding carboxylic acids is 10. The molecule has 0 aromatic heterocycles. The van der Waals surface area contributed by atoms with Gasteiger partial charge in [0, 0.05) is 42.3 Å². The van der Waals surface area contributed by atoms with Crippen molar-refractivity contribution in [3.05, 3.63) is 12.2 Å². The molecule has 0 bridgehead atoms. The van der Waals surface area contributed by atoms with Gasteiger partial charge in [0.05, 0.1) is 12.1 Å². The van der Waals surface area contributed by atoms with Gasteiger partial charge in [-0.1, -0.05) is 95.2 Å². The number of aliphatic hydroxyl groups excluding tert-OH is 1. The molecule has 0 rings (SSSR count). The number of amides is 10. The van der Waals surface area contributed by atoms with Gasteiger partial charge in [0.2, 0.25) is 59.1 Å². The van der Waals surface area contributed by atoms with Gasteiger partial charge in [-0.3, -0.25) is 52.7 Å². The zero-order chi connectivity index (χ0) is 66.9. The summed E-state index contributed by atoms with van der Waals surface area (Å²) in [6, 6.07) is -11.4. The van der Waals surface area contributed by atoms with Crippen molar-refractivity contribution >= 4 is 65.0 Å². The molecule has 0 aromatic carbocycles. The Morgan fingerprint density at radius 2 is 0.953 bits per heavy atom. The van der Waals surface area contributed by atoms with Crippen LogP contribution in [-0.4, -0.2) is 241 Å². The second-order valence-electron chi connectivity index (χ2n) is 25.1. The molecule has 0 saturated heterocycles. The Labute approximate surface area is 513 Å². The molecule has 0 aliphatic rings. The summed E-state index contributed by atoms with van der Waals surface area (Å²) in [5.74, 6) is -9.57. The van der Waals surface area contributed by atoms with Gasteiger partial charge in [0.1, 0.15) is 60.9 Å². The largest absolute Gasteiger partial charge is 0.480 e. The van der Waals surface area contributed by atoms with Gasteiger partial charge in [0.25, 0.3) is 0 Å². The predicted molar refractivity (Wildman–Crippen MR) is 331 cm³/mol. The fraction of sp³-hybridized carbons (Fsp3) is 0.787. The number of hydrogen-bond donors (Lipinski definition) is 8. The van der Waals surface area contributed by atoms with Gasteiger partial charge >= 0.3 is 5.97 Å². The number of aliphatic carboxylic acids is 1. The maximum absolute atomic E-state index is 15.0. The molecule has 0 fully saturated rings. The van der Waals surface area contributed by atoms with E-state index in [1.54, 1.807) is 74.7 Å². The number of rotatable bonds is 38. The Hall–Kier alpha value is -6.21. The Kier molecular flexibility index (Phi) is 35.4. The van der Waals surface area contributed by atoms with Crippen LogP contribution in [0.4, 0.5) is 0 Å². The van der Waals surface area contributed by atoms with Crippen LogP contribution in [0, 0.1) is 35.5 Å². The Morgan fingerprint density at radius 3 is 1.40 bits per heavy atom. The van der Waals surface area contributed by atoms with Gasteiger partial charge in [0.15, 0.2) is 0 Å². The van der Waals surface area contributed by atoms with Gasteiger partial charge in [-0.2, -0.15) is 0 Å². The molecule has 0 aliphatic heterocycles. The summed E-state index contributed by atoms with van der Waals surface area (Å²) in [5.41, 5.74) is 0. The molecule has 0 radical (unpaired) electrons. The van der Waals surface area contributed by atoms with Crippen molar-refractivity contribution in [2.75, 3.05) is 69.5 Å². The zero-order valence-corrected chi connectivity index (χ0v) is 56.2. The molecular weight excluding hydrogens is 1110 g/mol. The summed E-state index contributed by atoms with van der Waals surface area (Å²) < 4.78 is 0. The first-order valence-corrected chi connectivity index (χ1v) is 30.4. The molecule has 8 N–H and O–H groups in total. The summed E-state index contributed by atoms with van der Waals surface area (Å²) in [7, 11) is 11.8. The molecule has 25 nitrogen and oxygen atoms in total. The summed E-state index contributed by atoms with van der Waals surface area (Å²) in [5, 5.41) is 38.0. The number of aliphatic hydroxyl groups is 1. The van der Waals surface area contributed by atoms with Crippen molar-refractivity contribution in [1.82, 2.24) is 61.3 Å². The van der Waals surface area contributed by atoms with Crippen molar-refractivity contribution in [3.63, 3.8) is 0 Å². The molecule has 0 unspecified atom stereocenters. The van der Waals surface area contributed by atoms with Crippen LogP contribution in [0.2, 0.25) is 0 Å². The minimum Gasteiger partial charge on any atom is -0.480 e. The van der Waals surface area contributed by atoms with Gasteiger partial charge in [-0.05, 0) is 115 Å². The molecule has 0 saturated carbocycles. The number of carboxylic acids is 1. The van der Waals surface area contributed by atoms with Gasteiger partial charge in [-0.25, -0.2) is 0 Å². The van der Waals surface area contributed by atoms with Crippen LogP contribution < -0.4 is 31.9 Å². The van der Waals surface area contributed by atoms with E-state index in [1.807, 2.05) is 41.5 Å². The van der Waals surface area contributed by atoms with E-state index < -0.39 is 144 Å². The average molecular weight is 1220 g/mol. The van der Waals surface area contributed by atoms with E-state index >= 15 is 4.79 Å².